The highest BCUT2D eigenvalue weighted by Gasteiger charge is 2.32. The second-order valence-corrected chi connectivity index (χ2v) is 6.12. The van der Waals surface area contributed by atoms with Crippen LogP contribution in [0.15, 0.2) is 47.6 Å². The Bertz CT molecular complexity index is 937. The molecule has 0 radical (unpaired) electrons. The molecule has 0 spiro atoms. The Morgan fingerprint density at radius 2 is 2.15 bits per heavy atom. The minimum Gasteiger partial charge on any atom is -0.382 e. The lowest BCUT2D eigenvalue weighted by Gasteiger charge is -2.23. The molecule has 1 heterocycles. The molecule has 1 aliphatic rings. The topological polar surface area (TPSA) is 65.7 Å². The molecule has 0 unspecified atom stereocenters. The van der Waals surface area contributed by atoms with Gasteiger partial charge in [0, 0.05) is 30.6 Å². The van der Waals surface area contributed by atoms with Crippen LogP contribution in [0.4, 0.5) is 8.78 Å². The van der Waals surface area contributed by atoms with Crippen molar-refractivity contribution in [1.29, 1.82) is 5.26 Å². The first-order chi connectivity index (χ1) is 13.0. The number of nitriles is 1. The number of halogens is 2. The van der Waals surface area contributed by atoms with Gasteiger partial charge in [0.1, 0.15) is 11.6 Å². The summed E-state index contributed by atoms with van der Waals surface area (Å²) < 4.78 is 27.5. The highest BCUT2D eigenvalue weighted by atomic mass is 19.1. The molecule has 0 aromatic heterocycles. The summed E-state index contributed by atoms with van der Waals surface area (Å²) in [5.41, 5.74) is 1.59. The van der Waals surface area contributed by atoms with Gasteiger partial charge in [-0.15, -0.1) is 0 Å². The quantitative estimate of drug-likeness (QED) is 0.812. The van der Waals surface area contributed by atoms with E-state index >= 15 is 0 Å². The number of hydrogen-bond donors (Lipinski definition) is 0. The Morgan fingerprint density at radius 3 is 2.81 bits per heavy atom. The third-order valence-corrected chi connectivity index (χ3v) is 4.34. The van der Waals surface area contributed by atoms with Crippen LogP contribution in [0.5, 0.6) is 0 Å². The van der Waals surface area contributed by atoms with Crippen molar-refractivity contribution in [1.82, 2.24) is 4.90 Å². The van der Waals surface area contributed by atoms with Crippen molar-refractivity contribution in [2.24, 2.45) is 5.16 Å². The van der Waals surface area contributed by atoms with Crippen molar-refractivity contribution < 1.29 is 18.4 Å². The second kappa shape index (κ2) is 7.96. The van der Waals surface area contributed by atoms with E-state index in [2.05, 4.69) is 5.16 Å². The zero-order chi connectivity index (χ0) is 19.4. The van der Waals surface area contributed by atoms with Gasteiger partial charge in [-0.3, -0.25) is 4.79 Å². The Hall–Kier alpha value is -3.27. The first-order valence-corrected chi connectivity index (χ1v) is 8.47. The van der Waals surface area contributed by atoms with E-state index in [0.717, 1.165) is 6.07 Å². The number of amides is 1. The average molecular weight is 369 g/mol. The van der Waals surface area contributed by atoms with E-state index in [9.17, 15) is 13.6 Å². The smallest absolute Gasteiger partial charge is 0.267 e. The fourth-order valence-electron chi connectivity index (χ4n) is 2.85. The van der Waals surface area contributed by atoms with E-state index in [-0.39, 0.29) is 24.4 Å². The number of oxime groups is 1. The molecule has 0 saturated carbocycles. The van der Waals surface area contributed by atoms with Gasteiger partial charge in [0.15, 0.2) is 0 Å². The van der Waals surface area contributed by atoms with Gasteiger partial charge in [-0.25, -0.2) is 8.78 Å². The summed E-state index contributed by atoms with van der Waals surface area (Å²) >= 11 is 0. The molecule has 1 amide bonds. The number of carbonyl (C=O) groups excluding carboxylic acids is 1. The summed E-state index contributed by atoms with van der Waals surface area (Å²) in [5, 5.41) is 12.7. The maximum atomic E-state index is 14.1. The molecule has 2 aromatic carbocycles. The summed E-state index contributed by atoms with van der Waals surface area (Å²) in [6.45, 7) is 2.19. The Morgan fingerprint density at radius 1 is 1.33 bits per heavy atom. The Labute approximate surface area is 155 Å². The second-order valence-electron chi connectivity index (χ2n) is 6.12. The number of likely N-dealkylation sites (N-methyl/N-ethyl adjacent to an activating group) is 1. The standard InChI is InChI=1S/C20H17F2N3O2/c1-2-25(12-15-7-6-13(11-23)8-17(15)22)20(26)19-10-18(24-27-19)14-4-3-5-16(21)9-14/h3-9,19H,2,10,12H2,1H3/t19-/m0/s1. The van der Waals surface area contributed by atoms with Crippen molar-refractivity contribution in [3.05, 3.63) is 70.8 Å². The third-order valence-electron chi connectivity index (χ3n) is 4.34. The first kappa shape index (κ1) is 18.5. The number of hydrogen-bond acceptors (Lipinski definition) is 4. The molecule has 0 aliphatic carbocycles. The van der Waals surface area contributed by atoms with Gasteiger partial charge in [0.25, 0.3) is 5.91 Å². The Kier molecular flexibility index (Phi) is 5.46. The van der Waals surface area contributed by atoms with Gasteiger partial charge >= 0.3 is 0 Å². The van der Waals surface area contributed by atoms with Crippen molar-refractivity contribution >= 4 is 11.6 Å². The molecule has 0 N–H and O–H groups in total. The normalized spacial score (nSPS) is 15.6. The van der Waals surface area contributed by atoms with Crippen LogP contribution in [-0.4, -0.2) is 29.2 Å². The Balaban J connectivity index is 1.69. The molecule has 1 aliphatic heterocycles. The summed E-state index contributed by atoms with van der Waals surface area (Å²) in [7, 11) is 0. The first-order valence-electron chi connectivity index (χ1n) is 8.47. The highest BCUT2D eigenvalue weighted by molar-refractivity contribution is 6.04. The van der Waals surface area contributed by atoms with Gasteiger partial charge in [-0.1, -0.05) is 23.4 Å². The minimum atomic E-state index is -0.829. The van der Waals surface area contributed by atoms with Crippen LogP contribution in [0.1, 0.15) is 30.0 Å². The lowest BCUT2D eigenvalue weighted by molar-refractivity contribution is -0.142. The fourth-order valence-corrected chi connectivity index (χ4v) is 2.85. The zero-order valence-corrected chi connectivity index (χ0v) is 14.7. The van der Waals surface area contributed by atoms with Crippen molar-refractivity contribution in [2.45, 2.75) is 26.0 Å². The molecule has 2 aromatic rings. The lowest BCUT2D eigenvalue weighted by Crippen LogP contribution is -2.39. The summed E-state index contributed by atoms with van der Waals surface area (Å²) in [4.78, 5) is 19.4. The molecule has 0 bridgehead atoms. The van der Waals surface area contributed by atoms with Crippen molar-refractivity contribution in [3.63, 3.8) is 0 Å². The number of rotatable bonds is 5. The molecule has 3 rings (SSSR count). The molecule has 5 nitrogen and oxygen atoms in total. The van der Waals surface area contributed by atoms with Crippen molar-refractivity contribution in [3.8, 4) is 6.07 Å². The van der Waals surface area contributed by atoms with Crippen LogP contribution in [0, 0.1) is 23.0 Å². The fraction of sp³-hybridized carbons (Fsp3) is 0.250. The number of carbonyl (C=O) groups is 1. The third kappa shape index (κ3) is 4.11. The van der Waals surface area contributed by atoms with Gasteiger partial charge < -0.3 is 9.74 Å². The van der Waals surface area contributed by atoms with Gasteiger partial charge in [-0.05, 0) is 31.2 Å². The van der Waals surface area contributed by atoms with Crippen LogP contribution in [-0.2, 0) is 16.2 Å². The van der Waals surface area contributed by atoms with E-state index < -0.39 is 17.7 Å². The van der Waals surface area contributed by atoms with E-state index in [1.54, 1.807) is 19.1 Å². The van der Waals surface area contributed by atoms with E-state index in [1.807, 2.05) is 6.07 Å². The SMILES string of the molecule is CCN(Cc1ccc(C#N)cc1F)C(=O)[C@@H]1CC(c2cccc(F)c2)=NO1. The summed E-state index contributed by atoms with van der Waals surface area (Å²) in [6, 6.07) is 11.9. The maximum absolute atomic E-state index is 14.1. The molecule has 0 saturated heterocycles. The van der Waals surface area contributed by atoms with Gasteiger partial charge in [-0.2, -0.15) is 5.26 Å². The monoisotopic (exact) mass is 369 g/mol. The van der Waals surface area contributed by atoms with Crippen LogP contribution in [0.25, 0.3) is 0 Å². The molecule has 138 valence electrons. The summed E-state index contributed by atoms with van der Waals surface area (Å²) in [5.74, 6) is -1.25. The van der Waals surface area contributed by atoms with Crippen molar-refractivity contribution in [2.75, 3.05) is 6.54 Å². The molecular weight excluding hydrogens is 352 g/mol. The van der Waals surface area contributed by atoms with Gasteiger partial charge in [0.2, 0.25) is 6.10 Å². The van der Waals surface area contributed by atoms with Crippen LogP contribution in [0.2, 0.25) is 0 Å². The molecule has 27 heavy (non-hydrogen) atoms. The van der Waals surface area contributed by atoms with Crippen LogP contribution < -0.4 is 0 Å². The maximum Gasteiger partial charge on any atom is 0.267 e. The average Bonchev–Trinajstić information content (AvgIpc) is 3.16. The highest BCUT2D eigenvalue weighted by Crippen LogP contribution is 2.21. The number of nitrogens with zero attached hydrogens (tertiary/aromatic N) is 3. The summed E-state index contributed by atoms with van der Waals surface area (Å²) in [6.07, 6.45) is -0.612. The zero-order valence-electron chi connectivity index (χ0n) is 14.7. The lowest BCUT2D eigenvalue weighted by atomic mass is 10.0. The predicted octanol–water partition coefficient (Wildman–Crippen LogP) is 3.38. The molecule has 7 heteroatoms. The van der Waals surface area contributed by atoms with Crippen LogP contribution >= 0.6 is 0 Å². The van der Waals surface area contributed by atoms with E-state index in [4.69, 9.17) is 10.1 Å². The molecular formula is C20H17F2N3O2. The van der Waals surface area contributed by atoms with E-state index in [0.29, 0.717) is 23.4 Å². The van der Waals surface area contributed by atoms with Gasteiger partial charge in [0.05, 0.1) is 17.3 Å². The molecule has 1 atom stereocenters. The van der Waals surface area contributed by atoms with Crippen LogP contribution in [0.3, 0.4) is 0 Å². The minimum absolute atomic E-state index is 0.0576. The van der Waals surface area contributed by atoms with E-state index in [1.165, 1.54) is 29.2 Å². The molecule has 0 fully saturated rings. The predicted molar refractivity (Wildman–Crippen MR) is 94.6 cm³/mol. The number of benzene rings is 2. The largest absolute Gasteiger partial charge is 0.382 e.